The summed E-state index contributed by atoms with van der Waals surface area (Å²) in [6, 6.07) is 2.46. The first-order valence-electron chi connectivity index (χ1n) is 8.12. The van der Waals surface area contributed by atoms with Crippen molar-refractivity contribution in [2.75, 3.05) is 44.2 Å². The summed E-state index contributed by atoms with van der Waals surface area (Å²) in [4.78, 5) is 9.13. The van der Waals surface area contributed by atoms with Gasteiger partial charge in [-0.1, -0.05) is 0 Å². The van der Waals surface area contributed by atoms with Gasteiger partial charge in [0.1, 0.15) is 12.4 Å². The van der Waals surface area contributed by atoms with Crippen molar-refractivity contribution >= 4 is 5.69 Å². The molecule has 3 heterocycles. The van der Waals surface area contributed by atoms with Crippen LogP contribution in [0.2, 0.25) is 0 Å². The predicted octanol–water partition coefficient (Wildman–Crippen LogP) is 1.48. The van der Waals surface area contributed by atoms with Gasteiger partial charge in [0.05, 0.1) is 18.1 Å². The summed E-state index contributed by atoms with van der Waals surface area (Å²) in [6.45, 7) is 6.23. The minimum atomic E-state index is 0.356. The summed E-state index contributed by atoms with van der Waals surface area (Å²) >= 11 is 0. The van der Waals surface area contributed by atoms with E-state index in [4.69, 9.17) is 10.5 Å². The van der Waals surface area contributed by atoms with Crippen molar-refractivity contribution < 1.29 is 4.74 Å². The van der Waals surface area contributed by atoms with Crippen LogP contribution >= 0.6 is 0 Å². The second-order valence-corrected chi connectivity index (χ2v) is 6.10. The monoisotopic (exact) mass is 290 g/mol. The zero-order chi connectivity index (χ0) is 14.5. The molecule has 0 aromatic carbocycles. The quantitative estimate of drug-likeness (QED) is 0.890. The molecule has 5 heteroatoms. The summed E-state index contributed by atoms with van der Waals surface area (Å²) in [6.07, 6.45) is 8.50. The molecule has 5 nitrogen and oxygen atoms in total. The minimum absolute atomic E-state index is 0.356. The standard InChI is InChI=1S/C16H26N4O/c17-14-3-7-20(8-4-14)15-11-16(13-18-12-15)21-10-9-19-5-1-2-6-19/h11-14H,1-10,17H2. The van der Waals surface area contributed by atoms with Gasteiger partial charge in [0.15, 0.2) is 0 Å². The van der Waals surface area contributed by atoms with Gasteiger partial charge in [-0.15, -0.1) is 0 Å². The fourth-order valence-electron chi connectivity index (χ4n) is 3.12. The van der Waals surface area contributed by atoms with E-state index in [1.807, 2.05) is 12.4 Å². The summed E-state index contributed by atoms with van der Waals surface area (Å²) in [5.41, 5.74) is 7.11. The third kappa shape index (κ3) is 4.08. The molecule has 3 rings (SSSR count). The van der Waals surface area contributed by atoms with Crippen molar-refractivity contribution in [3.8, 4) is 5.75 Å². The summed E-state index contributed by atoms with van der Waals surface area (Å²) < 4.78 is 5.87. The zero-order valence-electron chi connectivity index (χ0n) is 12.7. The Morgan fingerprint density at radius 3 is 2.67 bits per heavy atom. The number of pyridine rings is 1. The van der Waals surface area contributed by atoms with Gasteiger partial charge in [-0.25, -0.2) is 0 Å². The van der Waals surface area contributed by atoms with E-state index in [1.165, 1.54) is 25.9 Å². The van der Waals surface area contributed by atoms with E-state index in [1.54, 1.807) is 0 Å². The molecular weight excluding hydrogens is 264 g/mol. The highest BCUT2D eigenvalue weighted by Crippen LogP contribution is 2.22. The summed E-state index contributed by atoms with van der Waals surface area (Å²) in [5, 5.41) is 0. The first-order chi connectivity index (χ1) is 10.3. The van der Waals surface area contributed by atoms with Gasteiger partial charge in [0, 0.05) is 31.7 Å². The summed E-state index contributed by atoms with van der Waals surface area (Å²) in [5.74, 6) is 0.876. The molecule has 0 unspecified atom stereocenters. The van der Waals surface area contributed by atoms with Crippen LogP contribution in [0.5, 0.6) is 5.75 Å². The van der Waals surface area contributed by atoms with Crippen molar-refractivity contribution in [3.63, 3.8) is 0 Å². The average Bonchev–Trinajstić information content (AvgIpc) is 3.02. The number of hydrogen-bond donors (Lipinski definition) is 1. The van der Waals surface area contributed by atoms with Gasteiger partial charge in [-0.2, -0.15) is 0 Å². The molecule has 0 atom stereocenters. The number of ether oxygens (including phenoxy) is 1. The van der Waals surface area contributed by atoms with Crippen molar-refractivity contribution in [1.82, 2.24) is 9.88 Å². The van der Waals surface area contributed by atoms with Crippen molar-refractivity contribution in [2.24, 2.45) is 5.73 Å². The fraction of sp³-hybridized carbons (Fsp3) is 0.688. The molecule has 0 saturated carbocycles. The lowest BCUT2D eigenvalue weighted by molar-refractivity contribution is 0.237. The average molecular weight is 290 g/mol. The zero-order valence-corrected chi connectivity index (χ0v) is 12.7. The molecule has 1 aromatic heterocycles. The van der Waals surface area contributed by atoms with Crippen LogP contribution in [-0.2, 0) is 0 Å². The molecule has 2 aliphatic rings. The highest BCUT2D eigenvalue weighted by Gasteiger charge is 2.17. The lowest BCUT2D eigenvalue weighted by Crippen LogP contribution is -2.39. The molecule has 2 fully saturated rings. The second-order valence-electron chi connectivity index (χ2n) is 6.10. The molecule has 21 heavy (non-hydrogen) atoms. The van der Waals surface area contributed by atoms with E-state index < -0.39 is 0 Å². The van der Waals surface area contributed by atoms with Gasteiger partial charge in [-0.05, 0) is 38.8 Å². The highest BCUT2D eigenvalue weighted by molar-refractivity contribution is 5.48. The number of likely N-dealkylation sites (tertiary alicyclic amines) is 1. The SMILES string of the molecule is NC1CCN(c2cncc(OCCN3CCCC3)c2)CC1. The molecular formula is C16H26N4O. The Labute approximate surface area is 127 Å². The Kier molecular flexibility index (Phi) is 4.93. The topological polar surface area (TPSA) is 54.6 Å². The Balaban J connectivity index is 1.50. The fourth-order valence-corrected chi connectivity index (χ4v) is 3.12. The van der Waals surface area contributed by atoms with Crippen molar-refractivity contribution in [2.45, 2.75) is 31.7 Å². The number of anilines is 1. The number of rotatable bonds is 5. The maximum absolute atomic E-state index is 5.96. The molecule has 0 amide bonds. The van der Waals surface area contributed by atoms with E-state index in [2.05, 4.69) is 20.9 Å². The van der Waals surface area contributed by atoms with Crippen LogP contribution in [0.3, 0.4) is 0 Å². The minimum Gasteiger partial charge on any atom is -0.491 e. The number of nitrogens with two attached hydrogens (primary N) is 1. The highest BCUT2D eigenvalue weighted by atomic mass is 16.5. The van der Waals surface area contributed by atoms with E-state index >= 15 is 0 Å². The smallest absolute Gasteiger partial charge is 0.139 e. The lowest BCUT2D eigenvalue weighted by atomic mass is 10.1. The van der Waals surface area contributed by atoms with Crippen LogP contribution in [-0.4, -0.2) is 55.3 Å². The molecule has 0 radical (unpaired) electrons. The lowest BCUT2D eigenvalue weighted by Gasteiger charge is -2.31. The third-order valence-corrected chi connectivity index (χ3v) is 4.48. The van der Waals surface area contributed by atoms with Crippen LogP contribution < -0.4 is 15.4 Å². The van der Waals surface area contributed by atoms with Gasteiger partial charge in [0.2, 0.25) is 0 Å². The van der Waals surface area contributed by atoms with Gasteiger partial charge in [0.25, 0.3) is 0 Å². The van der Waals surface area contributed by atoms with Crippen LogP contribution in [0.25, 0.3) is 0 Å². The largest absolute Gasteiger partial charge is 0.491 e. The molecule has 0 bridgehead atoms. The first-order valence-corrected chi connectivity index (χ1v) is 8.12. The van der Waals surface area contributed by atoms with E-state index in [9.17, 15) is 0 Å². The number of piperidine rings is 1. The van der Waals surface area contributed by atoms with E-state index in [-0.39, 0.29) is 0 Å². The van der Waals surface area contributed by atoms with Gasteiger partial charge >= 0.3 is 0 Å². The Morgan fingerprint density at radius 1 is 1.14 bits per heavy atom. The van der Waals surface area contributed by atoms with Crippen LogP contribution in [0.15, 0.2) is 18.5 Å². The first kappa shape index (κ1) is 14.6. The molecule has 0 spiro atoms. The second kappa shape index (κ2) is 7.09. The van der Waals surface area contributed by atoms with E-state index in [0.29, 0.717) is 6.04 Å². The molecule has 2 aliphatic heterocycles. The van der Waals surface area contributed by atoms with Gasteiger partial charge < -0.3 is 15.4 Å². The van der Waals surface area contributed by atoms with Crippen molar-refractivity contribution in [3.05, 3.63) is 18.5 Å². The van der Waals surface area contributed by atoms with Crippen LogP contribution in [0, 0.1) is 0 Å². The Bertz CT molecular complexity index is 440. The molecule has 1 aromatic rings. The number of hydrogen-bond acceptors (Lipinski definition) is 5. The van der Waals surface area contributed by atoms with E-state index in [0.717, 1.165) is 50.5 Å². The van der Waals surface area contributed by atoms with Crippen LogP contribution in [0.1, 0.15) is 25.7 Å². The maximum Gasteiger partial charge on any atom is 0.139 e. The number of aromatic nitrogens is 1. The predicted molar refractivity (Wildman–Crippen MR) is 84.8 cm³/mol. The maximum atomic E-state index is 5.96. The van der Waals surface area contributed by atoms with Gasteiger partial charge in [-0.3, -0.25) is 9.88 Å². The normalized spacial score (nSPS) is 20.9. The Hall–Kier alpha value is -1.33. The third-order valence-electron chi connectivity index (χ3n) is 4.48. The molecule has 0 aliphatic carbocycles. The Morgan fingerprint density at radius 2 is 1.90 bits per heavy atom. The van der Waals surface area contributed by atoms with Crippen molar-refractivity contribution in [1.29, 1.82) is 0 Å². The molecule has 2 N–H and O–H groups in total. The van der Waals surface area contributed by atoms with Crippen LogP contribution in [0.4, 0.5) is 5.69 Å². The summed E-state index contributed by atoms with van der Waals surface area (Å²) in [7, 11) is 0. The molecule has 116 valence electrons. The molecule has 2 saturated heterocycles. The number of nitrogens with zero attached hydrogens (tertiary/aromatic N) is 3.